The topological polar surface area (TPSA) is 18.5 Å². The summed E-state index contributed by atoms with van der Waals surface area (Å²) in [4.78, 5) is 4.75. The average molecular weight is 268 g/mol. The second-order valence-electron chi connectivity index (χ2n) is 5.14. The summed E-state index contributed by atoms with van der Waals surface area (Å²) in [5.74, 6) is 0. The first-order chi connectivity index (χ1) is 8.61. The quantitative estimate of drug-likeness (QED) is 0.905. The molecule has 18 heavy (non-hydrogen) atoms. The van der Waals surface area contributed by atoms with Crippen molar-refractivity contribution in [2.45, 2.75) is 18.5 Å². The van der Waals surface area contributed by atoms with Crippen LogP contribution in [0.15, 0.2) is 24.3 Å². The highest BCUT2D eigenvalue weighted by Gasteiger charge is 2.29. The predicted octanol–water partition coefficient (Wildman–Crippen LogP) is 2.07. The van der Waals surface area contributed by atoms with E-state index < -0.39 is 0 Å². The molecule has 1 aromatic carbocycles. The number of piperidine rings is 1. The van der Waals surface area contributed by atoms with Crippen LogP contribution >= 0.6 is 11.6 Å². The van der Waals surface area contributed by atoms with Gasteiger partial charge in [-0.1, -0.05) is 11.6 Å². The van der Waals surface area contributed by atoms with Crippen LogP contribution in [0.5, 0.6) is 0 Å². The van der Waals surface area contributed by atoms with Gasteiger partial charge in [-0.3, -0.25) is 0 Å². The molecule has 0 spiro atoms. The number of hydrogen-bond acceptors (Lipinski definition) is 3. The van der Waals surface area contributed by atoms with Crippen LogP contribution in [0.3, 0.4) is 0 Å². The van der Waals surface area contributed by atoms with Crippen LogP contribution in [0.25, 0.3) is 0 Å². The molecular formula is C14H22ClN3. The van der Waals surface area contributed by atoms with Gasteiger partial charge in [0.25, 0.3) is 0 Å². The zero-order valence-electron chi connectivity index (χ0n) is 11.4. The Bertz CT molecular complexity index is 377. The molecule has 1 N–H and O–H groups in total. The fourth-order valence-electron chi connectivity index (χ4n) is 2.68. The molecule has 1 aliphatic rings. The van der Waals surface area contributed by atoms with Crippen LogP contribution in [-0.4, -0.2) is 51.2 Å². The number of benzene rings is 1. The fourth-order valence-corrected chi connectivity index (χ4v) is 2.80. The lowest BCUT2D eigenvalue weighted by Gasteiger charge is -2.42. The van der Waals surface area contributed by atoms with Gasteiger partial charge in [0, 0.05) is 35.9 Å². The first-order valence-corrected chi connectivity index (χ1v) is 6.84. The molecule has 1 heterocycles. The summed E-state index contributed by atoms with van der Waals surface area (Å²) in [5.41, 5.74) is 1.26. The molecular weight excluding hydrogens is 246 g/mol. The molecule has 0 bridgehead atoms. The largest absolute Gasteiger partial charge is 0.370 e. The molecule has 2 atom stereocenters. The Morgan fingerprint density at radius 1 is 1.28 bits per heavy atom. The molecule has 0 saturated carbocycles. The Labute approximate surface area is 115 Å². The monoisotopic (exact) mass is 267 g/mol. The second-order valence-corrected chi connectivity index (χ2v) is 5.57. The van der Waals surface area contributed by atoms with Crippen molar-refractivity contribution < 1.29 is 0 Å². The van der Waals surface area contributed by atoms with E-state index in [1.807, 2.05) is 12.1 Å². The summed E-state index contributed by atoms with van der Waals surface area (Å²) < 4.78 is 0. The molecule has 1 aliphatic heterocycles. The number of anilines is 1. The van der Waals surface area contributed by atoms with E-state index in [4.69, 9.17) is 11.6 Å². The van der Waals surface area contributed by atoms with E-state index in [1.54, 1.807) is 0 Å². The van der Waals surface area contributed by atoms with Crippen LogP contribution in [0.1, 0.15) is 6.42 Å². The molecule has 2 rings (SSSR count). The highest BCUT2D eigenvalue weighted by molar-refractivity contribution is 6.30. The third-order valence-corrected chi connectivity index (χ3v) is 4.06. The van der Waals surface area contributed by atoms with Gasteiger partial charge in [0.1, 0.15) is 0 Å². The highest BCUT2D eigenvalue weighted by Crippen LogP contribution is 2.23. The lowest BCUT2D eigenvalue weighted by atomic mass is 9.98. The Balaban J connectivity index is 2.10. The lowest BCUT2D eigenvalue weighted by Crippen LogP contribution is -2.57. The van der Waals surface area contributed by atoms with Gasteiger partial charge in [0.2, 0.25) is 0 Å². The van der Waals surface area contributed by atoms with Crippen molar-refractivity contribution in [1.82, 2.24) is 10.2 Å². The third-order valence-electron chi connectivity index (χ3n) is 3.81. The molecule has 1 fully saturated rings. The molecule has 2 unspecified atom stereocenters. The maximum absolute atomic E-state index is 5.94. The SMILES string of the molecule is CNC1CCN(c2ccc(Cl)cc2)CC1N(C)C. The number of rotatable bonds is 3. The van der Waals surface area contributed by atoms with E-state index in [0.717, 1.165) is 18.1 Å². The van der Waals surface area contributed by atoms with Crippen molar-refractivity contribution in [3.63, 3.8) is 0 Å². The van der Waals surface area contributed by atoms with Crippen LogP contribution in [0, 0.1) is 0 Å². The number of hydrogen-bond donors (Lipinski definition) is 1. The Morgan fingerprint density at radius 3 is 2.50 bits per heavy atom. The van der Waals surface area contributed by atoms with Crippen LogP contribution in [0.4, 0.5) is 5.69 Å². The zero-order valence-corrected chi connectivity index (χ0v) is 12.1. The van der Waals surface area contributed by atoms with Gasteiger partial charge in [0.05, 0.1) is 0 Å². The summed E-state index contributed by atoms with van der Waals surface area (Å²) >= 11 is 5.94. The van der Waals surface area contributed by atoms with Crippen LogP contribution in [0.2, 0.25) is 5.02 Å². The van der Waals surface area contributed by atoms with Gasteiger partial charge < -0.3 is 15.1 Å². The fraction of sp³-hybridized carbons (Fsp3) is 0.571. The van der Waals surface area contributed by atoms with Crippen molar-refractivity contribution in [1.29, 1.82) is 0 Å². The average Bonchev–Trinajstić information content (AvgIpc) is 2.39. The van der Waals surface area contributed by atoms with Crippen molar-refractivity contribution in [3.05, 3.63) is 29.3 Å². The zero-order chi connectivity index (χ0) is 13.1. The van der Waals surface area contributed by atoms with E-state index >= 15 is 0 Å². The summed E-state index contributed by atoms with van der Waals surface area (Å²) in [5, 5.41) is 4.23. The van der Waals surface area contributed by atoms with E-state index in [0.29, 0.717) is 12.1 Å². The van der Waals surface area contributed by atoms with E-state index in [1.165, 1.54) is 12.1 Å². The molecule has 100 valence electrons. The van der Waals surface area contributed by atoms with E-state index in [2.05, 4.69) is 48.4 Å². The summed E-state index contributed by atoms with van der Waals surface area (Å²) in [7, 11) is 6.36. The maximum atomic E-state index is 5.94. The van der Waals surface area contributed by atoms with Crippen molar-refractivity contribution in [2.75, 3.05) is 39.1 Å². The summed E-state index contributed by atoms with van der Waals surface area (Å²) in [6.07, 6.45) is 1.17. The first kappa shape index (κ1) is 13.7. The number of halogens is 1. The minimum atomic E-state index is 0.541. The van der Waals surface area contributed by atoms with Crippen LogP contribution in [-0.2, 0) is 0 Å². The van der Waals surface area contributed by atoms with Gasteiger partial charge in [0.15, 0.2) is 0 Å². The maximum Gasteiger partial charge on any atom is 0.0419 e. The van der Waals surface area contributed by atoms with Crippen molar-refractivity contribution in [2.24, 2.45) is 0 Å². The Hall–Kier alpha value is -0.770. The van der Waals surface area contributed by atoms with E-state index in [-0.39, 0.29) is 0 Å². The lowest BCUT2D eigenvalue weighted by molar-refractivity contribution is 0.210. The number of nitrogens with zero attached hydrogens (tertiary/aromatic N) is 2. The van der Waals surface area contributed by atoms with E-state index in [9.17, 15) is 0 Å². The van der Waals surface area contributed by atoms with Gasteiger partial charge in [-0.2, -0.15) is 0 Å². The molecule has 3 nitrogen and oxygen atoms in total. The summed E-state index contributed by atoms with van der Waals surface area (Å²) in [6, 6.07) is 9.25. The standard InChI is InChI=1S/C14H22ClN3/c1-16-13-8-9-18(10-14(13)17(2)3)12-6-4-11(15)5-7-12/h4-7,13-14,16H,8-10H2,1-3H3. The van der Waals surface area contributed by atoms with Gasteiger partial charge in [-0.05, 0) is 51.8 Å². The van der Waals surface area contributed by atoms with Crippen molar-refractivity contribution >= 4 is 17.3 Å². The molecule has 1 aromatic rings. The molecule has 1 saturated heterocycles. The third kappa shape index (κ3) is 2.97. The molecule has 0 aromatic heterocycles. The highest BCUT2D eigenvalue weighted by atomic mass is 35.5. The summed E-state index contributed by atoms with van der Waals surface area (Å²) in [6.45, 7) is 2.15. The number of likely N-dealkylation sites (N-methyl/N-ethyl adjacent to an activating group) is 2. The first-order valence-electron chi connectivity index (χ1n) is 6.46. The minimum absolute atomic E-state index is 0.541. The predicted molar refractivity (Wildman–Crippen MR) is 78.6 cm³/mol. The molecule has 0 radical (unpaired) electrons. The molecule has 0 aliphatic carbocycles. The Kier molecular flexibility index (Phi) is 4.49. The van der Waals surface area contributed by atoms with Gasteiger partial charge in [-0.15, -0.1) is 0 Å². The van der Waals surface area contributed by atoms with Crippen LogP contribution < -0.4 is 10.2 Å². The van der Waals surface area contributed by atoms with Gasteiger partial charge >= 0.3 is 0 Å². The van der Waals surface area contributed by atoms with Gasteiger partial charge in [-0.25, -0.2) is 0 Å². The second kappa shape index (κ2) is 5.91. The molecule has 4 heteroatoms. The Morgan fingerprint density at radius 2 is 1.94 bits per heavy atom. The smallest absolute Gasteiger partial charge is 0.0419 e. The van der Waals surface area contributed by atoms with Crippen molar-refractivity contribution in [3.8, 4) is 0 Å². The number of nitrogens with one attached hydrogen (secondary N) is 1. The minimum Gasteiger partial charge on any atom is -0.370 e. The normalized spacial score (nSPS) is 24.6. The molecule has 0 amide bonds.